The lowest BCUT2D eigenvalue weighted by Gasteiger charge is -2.07. The molecule has 0 N–H and O–H groups in total. The number of rotatable bonds is 8. The molecule has 0 aliphatic carbocycles. The van der Waals surface area contributed by atoms with Gasteiger partial charge in [0.2, 0.25) is 0 Å². The fraction of sp³-hybridized carbons (Fsp3) is 0.529. The van der Waals surface area contributed by atoms with Gasteiger partial charge in [0.15, 0.2) is 0 Å². The van der Waals surface area contributed by atoms with Gasteiger partial charge in [-0.15, -0.1) is 0 Å². The number of allylic oxidation sites excluding steroid dienone is 1. The van der Waals surface area contributed by atoms with Gasteiger partial charge in [0.05, 0.1) is 0 Å². The summed E-state index contributed by atoms with van der Waals surface area (Å²) in [5.41, 5.74) is 4.05. The Kier molecular flexibility index (Phi) is 6.69. The summed E-state index contributed by atoms with van der Waals surface area (Å²) in [6.45, 7) is 8.68. The zero-order chi connectivity index (χ0) is 12.5. The number of benzene rings is 1. The molecule has 1 rings (SSSR count). The largest absolute Gasteiger partial charge is 0.0952 e. The molecule has 0 aromatic heterocycles. The fourth-order valence-corrected chi connectivity index (χ4v) is 2.10. The highest BCUT2D eigenvalue weighted by molar-refractivity contribution is 5.63. The van der Waals surface area contributed by atoms with E-state index in [1.807, 2.05) is 0 Å². The molecule has 0 aliphatic heterocycles. The van der Waals surface area contributed by atoms with Crippen molar-refractivity contribution in [2.45, 2.75) is 58.8 Å². The van der Waals surface area contributed by atoms with Gasteiger partial charge in [-0.2, -0.15) is 0 Å². The average Bonchev–Trinajstić information content (AvgIpc) is 2.38. The minimum absolute atomic E-state index is 1.11. The molecule has 0 spiro atoms. The number of aryl methyl sites for hydroxylation is 1. The van der Waals surface area contributed by atoms with Gasteiger partial charge in [-0.25, -0.2) is 0 Å². The van der Waals surface area contributed by atoms with Gasteiger partial charge in [-0.1, -0.05) is 70.4 Å². The Morgan fingerprint density at radius 3 is 2.53 bits per heavy atom. The Hall–Kier alpha value is -1.04. The predicted octanol–water partition coefficient (Wildman–Crippen LogP) is 5.62. The first kappa shape index (κ1) is 14.0. The van der Waals surface area contributed by atoms with Crippen LogP contribution in [-0.2, 0) is 6.42 Å². The summed E-state index contributed by atoms with van der Waals surface area (Å²) in [6, 6.07) is 8.82. The number of hydrogen-bond donors (Lipinski definition) is 0. The van der Waals surface area contributed by atoms with Crippen LogP contribution in [0.5, 0.6) is 0 Å². The maximum absolute atomic E-state index is 4.22. The van der Waals surface area contributed by atoms with E-state index < -0.39 is 0 Å². The first-order valence-corrected chi connectivity index (χ1v) is 7.05. The van der Waals surface area contributed by atoms with E-state index in [-0.39, 0.29) is 0 Å². The standard InChI is InChI=1S/C17H26/c1-4-6-7-8-9-11-15(3)17-13-10-12-16(5-2)14-17/h10,12-14H,3-9,11H2,1-2H3. The van der Waals surface area contributed by atoms with Crippen molar-refractivity contribution < 1.29 is 0 Å². The third kappa shape index (κ3) is 5.21. The summed E-state index contributed by atoms with van der Waals surface area (Å²) < 4.78 is 0. The Bertz CT molecular complexity index is 336. The molecule has 17 heavy (non-hydrogen) atoms. The van der Waals surface area contributed by atoms with Crippen molar-refractivity contribution >= 4 is 5.57 Å². The highest BCUT2D eigenvalue weighted by Crippen LogP contribution is 2.20. The first-order chi connectivity index (χ1) is 8.27. The fourth-order valence-electron chi connectivity index (χ4n) is 2.10. The van der Waals surface area contributed by atoms with Crippen LogP contribution in [-0.4, -0.2) is 0 Å². The molecule has 1 aromatic rings. The smallest absolute Gasteiger partial charge is 0.0228 e. The Labute approximate surface area is 107 Å². The Morgan fingerprint density at radius 1 is 1.06 bits per heavy atom. The van der Waals surface area contributed by atoms with E-state index in [1.54, 1.807) is 0 Å². The number of hydrogen-bond acceptors (Lipinski definition) is 0. The summed E-state index contributed by atoms with van der Waals surface area (Å²) in [5.74, 6) is 0. The molecule has 0 aliphatic rings. The quantitative estimate of drug-likeness (QED) is 0.508. The molecule has 0 heteroatoms. The maximum Gasteiger partial charge on any atom is -0.0228 e. The molecular formula is C17H26. The van der Waals surface area contributed by atoms with Crippen molar-refractivity contribution in [1.82, 2.24) is 0 Å². The molecule has 0 amide bonds. The van der Waals surface area contributed by atoms with Gasteiger partial charge >= 0.3 is 0 Å². The lowest BCUT2D eigenvalue weighted by atomic mass is 9.98. The molecule has 94 valence electrons. The molecule has 1 aromatic carbocycles. The molecule has 0 bridgehead atoms. The van der Waals surface area contributed by atoms with Gasteiger partial charge in [0.1, 0.15) is 0 Å². The van der Waals surface area contributed by atoms with Crippen LogP contribution in [0.25, 0.3) is 5.57 Å². The van der Waals surface area contributed by atoms with Crippen LogP contribution in [0.3, 0.4) is 0 Å². The molecule has 0 saturated carbocycles. The van der Waals surface area contributed by atoms with Gasteiger partial charge < -0.3 is 0 Å². The second kappa shape index (κ2) is 8.11. The van der Waals surface area contributed by atoms with Gasteiger partial charge in [0, 0.05) is 0 Å². The molecule has 0 fully saturated rings. The summed E-state index contributed by atoms with van der Waals surface area (Å²) >= 11 is 0. The first-order valence-electron chi connectivity index (χ1n) is 7.05. The minimum atomic E-state index is 1.11. The van der Waals surface area contributed by atoms with Gasteiger partial charge in [-0.3, -0.25) is 0 Å². The van der Waals surface area contributed by atoms with Crippen molar-refractivity contribution in [3.8, 4) is 0 Å². The van der Waals surface area contributed by atoms with Crippen molar-refractivity contribution in [2.75, 3.05) is 0 Å². The lowest BCUT2D eigenvalue weighted by Crippen LogP contribution is -1.87. The minimum Gasteiger partial charge on any atom is -0.0952 e. The van der Waals surface area contributed by atoms with Crippen LogP contribution in [0, 0.1) is 0 Å². The van der Waals surface area contributed by atoms with E-state index in [1.165, 1.54) is 48.8 Å². The Balaban J connectivity index is 2.36. The Morgan fingerprint density at radius 2 is 1.82 bits per heavy atom. The van der Waals surface area contributed by atoms with Crippen molar-refractivity contribution in [1.29, 1.82) is 0 Å². The highest BCUT2D eigenvalue weighted by atomic mass is 14.1. The molecule has 0 atom stereocenters. The lowest BCUT2D eigenvalue weighted by molar-refractivity contribution is 0.640. The molecule has 0 nitrogen and oxygen atoms in total. The van der Waals surface area contributed by atoms with Crippen LogP contribution in [0.2, 0.25) is 0 Å². The maximum atomic E-state index is 4.22. The monoisotopic (exact) mass is 230 g/mol. The van der Waals surface area contributed by atoms with Crippen molar-refractivity contribution in [3.05, 3.63) is 42.0 Å². The van der Waals surface area contributed by atoms with Crippen molar-refractivity contribution in [2.24, 2.45) is 0 Å². The summed E-state index contributed by atoms with van der Waals surface area (Å²) in [5, 5.41) is 0. The van der Waals surface area contributed by atoms with E-state index in [4.69, 9.17) is 0 Å². The topological polar surface area (TPSA) is 0 Å². The molecule has 0 saturated heterocycles. The van der Waals surface area contributed by atoms with Crippen LogP contribution >= 0.6 is 0 Å². The number of unbranched alkanes of at least 4 members (excludes halogenated alkanes) is 4. The van der Waals surface area contributed by atoms with Crippen LogP contribution in [0.4, 0.5) is 0 Å². The zero-order valence-electron chi connectivity index (χ0n) is 11.5. The summed E-state index contributed by atoms with van der Waals surface area (Å²) in [4.78, 5) is 0. The highest BCUT2D eigenvalue weighted by Gasteiger charge is 2.00. The van der Waals surface area contributed by atoms with E-state index in [9.17, 15) is 0 Å². The van der Waals surface area contributed by atoms with E-state index >= 15 is 0 Å². The van der Waals surface area contributed by atoms with Gasteiger partial charge in [0.25, 0.3) is 0 Å². The second-order valence-corrected chi connectivity index (χ2v) is 4.82. The predicted molar refractivity (Wildman–Crippen MR) is 78.2 cm³/mol. The SMILES string of the molecule is C=C(CCCCCCC)c1cccc(CC)c1. The summed E-state index contributed by atoms with van der Waals surface area (Å²) in [6.07, 6.45) is 8.96. The normalized spacial score (nSPS) is 10.5. The molecule has 0 radical (unpaired) electrons. The van der Waals surface area contributed by atoms with Crippen LogP contribution < -0.4 is 0 Å². The summed E-state index contributed by atoms with van der Waals surface area (Å²) in [7, 11) is 0. The van der Waals surface area contributed by atoms with Crippen LogP contribution in [0.1, 0.15) is 63.5 Å². The zero-order valence-corrected chi connectivity index (χ0v) is 11.5. The van der Waals surface area contributed by atoms with E-state index in [0.717, 1.165) is 12.8 Å². The second-order valence-electron chi connectivity index (χ2n) is 4.82. The van der Waals surface area contributed by atoms with E-state index in [0.29, 0.717) is 0 Å². The third-order valence-electron chi connectivity index (χ3n) is 3.33. The van der Waals surface area contributed by atoms with Crippen LogP contribution in [0.15, 0.2) is 30.8 Å². The molecular weight excluding hydrogens is 204 g/mol. The van der Waals surface area contributed by atoms with E-state index in [2.05, 4.69) is 44.7 Å². The molecule has 0 heterocycles. The average molecular weight is 230 g/mol. The molecule has 0 unspecified atom stereocenters. The third-order valence-corrected chi connectivity index (χ3v) is 3.33. The van der Waals surface area contributed by atoms with Crippen molar-refractivity contribution in [3.63, 3.8) is 0 Å². The van der Waals surface area contributed by atoms with Gasteiger partial charge in [-0.05, 0) is 36.0 Å².